The summed E-state index contributed by atoms with van der Waals surface area (Å²) in [6, 6.07) is 0.257. The molecule has 96 valence electrons. The van der Waals surface area contributed by atoms with E-state index >= 15 is 0 Å². The maximum atomic E-state index is 5.78. The third kappa shape index (κ3) is 4.73. The van der Waals surface area contributed by atoms with Gasteiger partial charge in [-0.15, -0.1) is 0 Å². The van der Waals surface area contributed by atoms with Crippen LogP contribution in [0.3, 0.4) is 0 Å². The van der Waals surface area contributed by atoms with Gasteiger partial charge in [0.25, 0.3) is 0 Å². The number of nitrogens with one attached hydrogen (secondary N) is 1. The molecule has 0 aliphatic carbocycles. The minimum atomic E-state index is 0.142. The van der Waals surface area contributed by atoms with E-state index in [4.69, 9.17) is 16.3 Å². The van der Waals surface area contributed by atoms with Crippen LogP contribution in [0.25, 0.3) is 0 Å². The third-order valence-corrected chi connectivity index (χ3v) is 2.75. The Kier molecular flexibility index (Phi) is 5.41. The second kappa shape index (κ2) is 6.59. The molecule has 1 N–H and O–H groups in total. The molecule has 5 nitrogen and oxygen atoms in total. The predicted octanol–water partition coefficient (Wildman–Crippen LogP) is 2.63. The summed E-state index contributed by atoms with van der Waals surface area (Å²) in [6.07, 6.45) is 0. The van der Waals surface area contributed by atoms with Crippen molar-refractivity contribution in [3.05, 3.63) is 5.28 Å². The Morgan fingerprint density at radius 1 is 1.24 bits per heavy atom. The van der Waals surface area contributed by atoms with Crippen molar-refractivity contribution >= 4 is 17.5 Å². The fourth-order valence-electron chi connectivity index (χ4n) is 1.09. The van der Waals surface area contributed by atoms with E-state index in [0.29, 0.717) is 24.4 Å². The first-order chi connectivity index (χ1) is 8.02. The fraction of sp³-hybridized carbons (Fsp3) is 0.727. The zero-order valence-electron chi connectivity index (χ0n) is 10.7. The van der Waals surface area contributed by atoms with Crippen molar-refractivity contribution in [1.29, 1.82) is 0 Å². The Bertz CT molecular complexity index is 359. The summed E-state index contributed by atoms with van der Waals surface area (Å²) in [6.45, 7) is 9.69. The molecule has 17 heavy (non-hydrogen) atoms. The minimum absolute atomic E-state index is 0.142. The maximum Gasteiger partial charge on any atom is 0.322 e. The average Bonchev–Trinajstić information content (AvgIpc) is 2.25. The topological polar surface area (TPSA) is 59.9 Å². The van der Waals surface area contributed by atoms with Gasteiger partial charge in [-0.05, 0) is 30.4 Å². The molecule has 0 bridgehead atoms. The van der Waals surface area contributed by atoms with Crippen LogP contribution < -0.4 is 10.1 Å². The lowest BCUT2D eigenvalue weighted by Crippen LogP contribution is -2.18. The molecule has 1 unspecified atom stereocenters. The van der Waals surface area contributed by atoms with Gasteiger partial charge >= 0.3 is 6.01 Å². The molecule has 0 aromatic carbocycles. The number of aromatic nitrogens is 3. The number of hydrogen-bond donors (Lipinski definition) is 1. The van der Waals surface area contributed by atoms with Gasteiger partial charge in [0.1, 0.15) is 0 Å². The highest BCUT2D eigenvalue weighted by atomic mass is 35.5. The van der Waals surface area contributed by atoms with Gasteiger partial charge < -0.3 is 10.1 Å². The summed E-state index contributed by atoms with van der Waals surface area (Å²) in [5.74, 6) is 1.59. The van der Waals surface area contributed by atoms with Crippen molar-refractivity contribution in [1.82, 2.24) is 15.0 Å². The van der Waals surface area contributed by atoms with Crippen LogP contribution in [0.5, 0.6) is 6.01 Å². The number of rotatable bonds is 6. The molecule has 6 heteroatoms. The number of halogens is 1. The first-order valence-electron chi connectivity index (χ1n) is 5.81. The third-order valence-electron chi connectivity index (χ3n) is 2.58. The summed E-state index contributed by atoms with van der Waals surface area (Å²) in [4.78, 5) is 12.0. The van der Waals surface area contributed by atoms with Crippen molar-refractivity contribution in [2.24, 2.45) is 11.8 Å². The van der Waals surface area contributed by atoms with Gasteiger partial charge in [0.15, 0.2) is 0 Å². The quantitative estimate of drug-likeness (QED) is 0.850. The van der Waals surface area contributed by atoms with Gasteiger partial charge in [0, 0.05) is 6.54 Å². The van der Waals surface area contributed by atoms with Crippen LogP contribution in [0.4, 0.5) is 5.95 Å². The smallest absolute Gasteiger partial charge is 0.322 e. The normalized spacial score (nSPS) is 12.6. The molecule has 0 aliphatic heterocycles. The number of hydrogen-bond acceptors (Lipinski definition) is 5. The Labute approximate surface area is 107 Å². The molecule has 1 aromatic heterocycles. The molecule has 0 radical (unpaired) electrons. The van der Waals surface area contributed by atoms with Gasteiger partial charge in [-0.1, -0.05) is 20.8 Å². The van der Waals surface area contributed by atoms with E-state index in [9.17, 15) is 0 Å². The molecule has 1 rings (SSSR count). The lowest BCUT2D eigenvalue weighted by molar-refractivity contribution is 0.312. The highest BCUT2D eigenvalue weighted by molar-refractivity contribution is 6.28. The van der Waals surface area contributed by atoms with Crippen molar-refractivity contribution in [2.75, 3.05) is 18.5 Å². The van der Waals surface area contributed by atoms with Crippen LogP contribution in [-0.4, -0.2) is 28.1 Å². The van der Waals surface area contributed by atoms with Crippen LogP contribution in [0.1, 0.15) is 27.7 Å². The fourth-order valence-corrected chi connectivity index (χ4v) is 1.24. The molecule has 0 spiro atoms. The standard InChI is InChI=1S/C11H19ClN4O/c1-5-17-11-15-9(12)14-10(16-11)13-6-8(4)7(2)3/h7-8H,5-6H2,1-4H3,(H,13,14,15,16). The molecule has 0 fully saturated rings. The lowest BCUT2D eigenvalue weighted by atomic mass is 9.98. The summed E-state index contributed by atoms with van der Waals surface area (Å²) in [5.41, 5.74) is 0. The molecular weight excluding hydrogens is 240 g/mol. The van der Waals surface area contributed by atoms with Crippen molar-refractivity contribution in [2.45, 2.75) is 27.7 Å². The maximum absolute atomic E-state index is 5.78. The van der Waals surface area contributed by atoms with E-state index in [-0.39, 0.29) is 11.3 Å². The average molecular weight is 259 g/mol. The van der Waals surface area contributed by atoms with Crippen LogP contribution in [-0.2, 0) is 0 Å². The Hall–Kier alpha value is -1.10. The summed E-state index contributed by atoms with van der Waals surface area (Å²) >= 11 is 5.78. The molecule has 0 saturated heterocycles. The van der Waals surface area contributed by atoms with E-state index in [1.165, 1.54) is 0 Å². The molecule has 1 aromatic rings. The molecule has 1 atom stereocenters. The van der Waals surface area contributed by atoms with Gasteiger partial charge in [0.2, 0.25) is 11.2 Å². The van der Waals surface area contributed by atoms with Crippen molar-refractivity contribution in [3.8, 4) is 6.01 Å². The van der Waals surface area contributed by atoms with E-state index in [2.05, 4.69) is 41.0 Å². The van der Waals surface area contributed by atoms with E-state index in [1.54, 1.807) is 0 Å². The molecule has 1 heterocycles. The van der Waals surface area contributed by atoms with Crippen LogP contribution in [0, 0.1) is 11.8 Å². The summed E-state index contributed by atoms with van der Waals surface area (Å²) < 4.78 is 5.19. The molecule has 0 saturated carbocycles. The minimum Gasteiger partial charge on any atom is -0.464 e. The van der Waals surface area contributed by atoms with E-state index in [0.717, 1.165) is 6.54 Å². The Morgan fingerprint density at radius 3 is 2.53 bits per heavy atom. The second-order valence-electron chi connectivity index (χ2n) is 4.25. The largest absolute Gasteiger partial charge is 0.464 e. The van der Waals surface area contributed by atoms with Crippen LogP contribution in [0.2, 0.25) is 5.28 Å². The predicted molar refractivity (Wildman–Crippen MR) is 68.5 cm³/mol. The Balaban J connectivity index is 2.64. The number of ether oxygens (including phenoxy) is 1. The highest BCUT2D eigenvalue weighted by Gasteiger charge is 2.09. The SMILES string of the molecule is CCOc1nc(Cl)nc(NCC(C)C(C)C)n1. The molecular formula is C11H19ClN4O. The first kappa shape index (κ1) is 14.0. The van der Waals surface area contributed by atoms with Crippen LogP contribution >= 0.6 is 11.6 Å². The first-order valence-corrected chi connectivity index (χ1v) is 6.19. The zero-order valence-corrected chi connectivity index (χ0v) is 11.5. The van der Waals surface area contributed by atoms with Crippen LogP contribution in [0.15, 0.2) is 0 Å². The van der Waals surface area contributed by atoms with Gasteiger partial charge in [0.05, 0.1) is 6.61 Å². The molecule has 0 aliphatic rings. The highest BCUT2D eigenvalue weighted by Crippen LogP contribution is 2.13. The lowest BCUT2D eigenvalue weighted by Gasteiger charge is -2.16. The summed E-state index contributed by atoms with van der Waals surface area (Å²) in [7, 11) is 0. The van der Waals surface area contributed by atoms with Gasteiger partial charge in [-0.3, -0.25) is 0 Å². The monoisotopic (exact) mass is 258 g/mol. The second-order valence-corrected chi connectivity index (χ2v) is 4.58. The number of nitrogens with zero attached hydrogens (tertiary/aromatic N) is 3. The summed E-state index contributed by atoms with van der Waals surface area (Å²) in [5, 5.41) is 3.28. The Morgan fingerprint density at radius 2 is 1.94 bits per heavy atom. The number of anilines is 1. The van der Waals surface area contributed by atoms with Crippen molar-refractivity contribution in [3.63, 3.8) is 0 Å². The van der Waals surface area contributed by atoms with Gasteiger partial charge in [-0.2, -0.15) is 15.0 Å². The van der Waals surface area contributed by atoms with E-state index in [1.807, 2.05) is 6.92 Å². The van der Waals surface area contributed by atoms with Gasteiger partial charge in [-0.25, -0.2) is 0 Å². The van der Waals surface area contributed by atoms with Crippen molar-refractivity contribution < 1.29 is 4.74 Å². The zero-order chi connectivity index (χ0) is 12.8. The van der Waals surface area contributed by atoms with E-state index < -0.39 is 0 Å². The molecule has 0 amide bonds.